The van der Waals surface area contributed by atoms with Crippen molar-refractivity contribution >= 4 is 27.5 Å². The number of hydrogen-bond donors (Lipinski definition) is 0. The van der Waals surface area contributed by atoms with Gasteiger partial charge in [-0.2, -0.15) is 5.10 Å². The van der Waals surface area contributed by atoms with Crippen molar-refractivity contribution < 1.29 is 9.53 Å². The third-order valence-electron chi connectivity index (χ3n) is 4.07. The summed E-state index contributed by atoms with van der Waals surface area (Å²) in [5.74, 6) is 0.0912. The van der Waals surface area contributed by atoms with Crippen molar-refractivity contribution in [3.8, 4) is 11.3 Å². The molecule has 118 valence electrons. The van der Waals surface area contributed by atoms with Crippen LogP contribution < -0.4 is 0 Å². The Hall–Kier alpha value is -2.18. The molecule has 1 aliphatic heterocycles. The zero-order chi connectivity index (χ0) is 15.8. The highest BCUT2D eigenvalue weighted by molar-refractivity contribution is 7.20. The average Bonchev–Trinajstić information content (AvgIpc) is 3.17. The Labute approximate surface area is 138 Å². The fourth-order valence-electron chi connectivity index (χ4n) is 2.88. The van der Waals surface area contributed by atoms with Crippen molar-refractivity contribution in [3.05, 3.63) is 41.3 Å². The molecule has 0 unspecified atom stereocenters. The van der Waals surface area contributed by atoms with E-state index in [4.69, 9.17) is 4.74 Å². The van der Waals surface area contributed by atoms with E-state index in [0.717, 1.165) is 26.4 Å². The summed E-state index contributed by atoms with van der Waals surface area (Å²) in [4.78, 5) is 16.3. The lowest BCUT2D eigenvalue weighted by atomic mass is 10.1. The van der Waals surface area contributed by atoms with Crippen molar-refractivity contribution in [3.63, 3.8) is 0 Å². The summed E-state index contributed by atoms with van der Waals surface area (Å²) < 4.78 is 7.18. The van der Waals surface area contributed by atoms with E-state index in [1.54, 1.807) is 0 Å². The number of amides is 1. The molecule has 0 aliphatic carbocycles. The maximum Gasteiger partial charge on any atom is 0.264 e. The standard InChI is InChI=1S/C17H17N3O2S/c1-19-17-13(15(18-19)12-5-3-2-4-6-12)11-14(23-17)16(21)20-7-9-22-10-8-20/h2-6,11H,7-10H2,1H3. The Kier molecular flexibility index (Phi) is 3.63. The van der Waals surface area contributed by atoms with Crippen LogP contribution in [0.4, 0.5) is 0 Å². The molecule has 1 amide bonds. The summed E-state index contributed by atoms with van der Waals surface area (Å²) in [6, 6.07) is 12.1. The van der Waals surface area contributed by atoms with Gasteiger partial charge in [0.25, 0.3) is 5.91 Å². The number of thiophene rings is 1. The van der Waals surface area contributed by atoms with E-state index < -0.39 is 0 Å². The van der Waals surface area contributed by atoms with Gasteiger partial charge in [0.05, 0.1) is 18.1 Å². The van der Waals surface area contributed by atoms with Crippen molar-refractivity contribution in [2.24, 2.45) is 7.05 Å². The molecule has 0 spiro atoms. The molecule has 5 nitrogen and oxygen atoms in total. The van der Waals surface area contributed by atoms with Gasteiger partial charge in [-0.05, 0) is 6.07 Å². The van der Waals surface area contributed by atoms with Crippen LogP contribution in [-0.2, 0) is 11.8 Å². The number of benzene rings is 1. The summed E-state index contributed by atoms with van der Waals surface area (Å²) in [5.41, 5.74) is 2.00. The Morgan fingerprint density at radius 3 is 2.70 bits per heavy atom. The third kappa shape index (κ3) is 2.54. The van der Waals surface area contributed by atoms with Crippen LogP contribution in [0.3, 0.4) is 0 Å². The van der Waals surface area contributed by atoms with Gasteiger partial charge in [0.1, 0.15) is 10.5 Å². The smallest absolute Gasteiger partial charge is 0.264 e. The number of aryl methyl sites for hydroxylation is 1. The SMILES string of the molecule is Cn1nc(-c2ccccc2)c2cc(C(=O)N3CCOCC3)sc21. The van der Waals surface area contributed by atoms with Gasteiger partial charge in [0, 0.05) is 31.1 Å². The third-order valence-corrected chi connectivity index (χ3v) is 5.26. The van der Waals surface area contributed by atoms with Crippen LogP contribution in [0.5, 0.6) is 0 Å². The molecule has 1 aliphatic rings. The number of carbonyl (C=O) groups is 1. The Morgan fingerprint density at radius 1 is 1.22 bits per heavy atom. The molecular weight excluding hydrogens is 310 g/mol. The number of rotatable bonds is 2. The maximum atomic E-state index is 12.7. The fraction of sp³-hybridized carbons (Fsp3) is 0.294. The zero-order valence-electron chi connectivity index (χ0n) is 12.9. The molecule has 6 heteroatoms. The molecule has 1 aromatic carbocycles. The summed E-state index contributed by atoms with van der Waals surface area (Å²) in [7, 11) is 1.92. The van der Waals surface area contributed by atoms with Crippen LogP contribution in [0.1, 0.15) is 9.67 Å². The maximum absolute atomic E-state index is 12.7. The largest absolute Gasteiger partial charge is 0.378 e. The molecule has 0 atom stereocenters. The van der Waals surface area contributed by atoms with Crippen LogP contribution in [0.25, 0.3) is 21.5 Å². The lowest BCUT2D eigenvalue weighted by Crippen LogP contribution is -2.40. The molecule has 0 radical (unpaired) electrons. The van der Waals surface area contributed by atoms with E-state index in [2.05, 4.69) is 5.10 Å². The van der Waals surface area contributed by atoms with Gasteiger partial charge in [-0.15, -0.1) is 11.3 Å². The monoisotopic (exact) mass is 327 g/mol. The van der Waals surface area contributed by atoms with E-state index in [9.17, 15) is 4.79 Å². The van der Waals surface area contributed by atoms with Crippen LogP contribution in [0.2, 0.25) is 0 Å². The number of ether oxygens (including phenoxy) is 1. The number of nitrogens with zero attached hydrogens (tertiary/aromatic N) is 3. The first-order chi connectivity index (χ1) is 11.2. The van der Waals surface area contributed by atoms with Crippen molar-refractivity contribution in [1.29, 1.82) is 0 Å². The predicted octanol–water partition coefficient (Wildman–Crippen LogP) is 2.77. The minimum Gasteiger partial charge on any atom is -0.378 e. The first-order valence-corrected chi connectivity index (χ1v) is 8.44. The number of carbonyl (C=O) groups excluding carboxylic acids is 1. The van der Waals surface area contributed by atoms with Gasteiger partial charge in [0.15, 0.2) is 0 Å². The second-order valence-corrected chi connectivity index (χ2v) is 6.60. The first kappa shape index (κ1) is 14.4. The number of fused-ring (bicyclic) bond motifs is 1. The second kappa shape index (κ2) is 5.79. The van der Waals surface area contributed by atoms with E-state index in [1.165, 1.54) is 11.3 Å². The highest BCUT2D eigenvalue weighted by Crippen LogP contribution is 2.34. The van der Waals surface area contributed by atoms with Crippen LogP contribution in [0, 0.1) is 0 Å². The quantitative estimate of drug-likeness (QED) is 0.727. The molecule has 3 aromatic rings. The molecule has 0 bridgehead atoms. The van der Waals surface area contributed by atoms with Gasteiger partial charge >= 0.3 is 0 Å². The van der Waals surface area contributed by atoms with E-state index in [-0.39, 0.29) is 5.91 Å². The topological polar surface area (TPSA) is 47.4 Å². The van der Waals surface area contributed by atoms with Gasteiger partial charge < -0.3 is 9.64 Å². The highest BCUT2D eigenvalue weighted by Gasteiger charge is 2.23. The summed E-state index contributed by atoms with van der Waals surface area (Å²) >= 11 is 1.51. The van der Waals surface area contributed by atoms with Gasteiger partial charge in [-0.1, -0.05) is 30.3 Å². The lowest BCUT2D eigenvalue weighted by Gasteiger charge is -2.26. The van der Waals surface area contributed by atoms with E-state index in [1.807, 2.05) is 53.0 Å². The van der Waals surface area contributed by atoms with E-state index >= 15 is 0 Å². The Morgan fingerprint density at radius 2 is 1.96 bits per heavy atom. The molecule has 3 heterocycles. The minimum atomic E-state index is 0.0912. The van der Waals surface area contributed by atoms with Gasteiger partial charge in [-0.3, -0.25) is 9.48 Å². The Bertz CT molecular complexity index is 847. The van der Waals surface area contributed by atoms with Crippen molar-refractivity contribution in [2.45, 2.75) is 0 Å². The van der Waals surface area contributed by atoms with Crippen molar-refractivity contribution in [1.82, 2.24) is 14.7 Å². The molecule has 1 saturated heterocycles. The molecule has 4 rings (SSSR count). The van der Waals surface area contributed by atoms with E-state index in [0.29, 0.717) is 26.3 Å². The minimum absolute atomic E-state index is 0.0912. The summed E-state index contributed by atoms with van der Waals surface area (Å²) in [6.07, 6.45) is 0. The summed E-state index contributed by atoms with van der Waals surface area (Å²) in [5, 5.41) is 5.66. The van der Waals surface area contributed by atoms with Gasteiger partial charge in [-0.25, -0.2) is 0 Å². The van der Waals surface area contributed by atoms with Gasteiger partial charge in [0.2, 0.25) is 0 Å². The molecule has 2 aromatic heterocycles. The first-order valence-electron chi connectivity index (χ1n) is 7.63. The summed E-state index contributed by atoms with van der Waals surface area (Å²) in [6.45, 7) is 2.56. The average molecular weight is 327 g/mol. The molecule has 23 heavy (non-hydrogen) atoms. The fourth-order valence-corrected chi connectivity index (χ4v) is 3.92. The normalized spacial score (nSPS) is 15.3. The van der Waals surface area contributed by atoms with Crippen LogP contribution >= 0.6 is 11.3 Å². The predicted molar refractivity (Wildman–Crippen MR) is 90.7 cm³/mol. The zero-order valence-corrected chi connectivity index (χ0v) is 13.7. The van der Waals surface area contributed by atoms with Crippen LogP contribution in [-0.4, -0.2) is 46.9 Å². The number of hydrogen-bond acceptors (Lipinski definition) is 4. The van der Waals surface area contributed by atoms with Crippen molar-refractivity contribution in [2.75, 3.05) is 26.3 Å². The van der Waals surface area contributed by atoms with Crippen LogP contribution in [0.15, 0.2) is 36.4 Å². The molecule has 0 N–H and O–H groups in total. The molecule has 0 saturated carbocycles. The number of morpholine rings is 1. The highest BCUT2D eigenvalue weighted by atomic mass is 32.1. The Balaban J connectivity index is 1.75. The molecular formula is C17H17N3O2S. The second-order valence-electron chi connectivity index (χ2n) is 5.57. The number of aromatic nitrogens is 2. The lowest BCUT2D eigenvalue weighted by molar-refractivity contribution is 0.0306. The molecule has 1 fully saturated rings.